The molecule has 0 aromatic carbocycles. The monoisotopic (exact) mass is 490 g/mol. The fourth-order valence-corrected chi connectivity index (χ4v) is 4.93. The third kappa shape index (κ3) is 6.39. The van der Waals surface area contributed by atoms with E-state index >= 15 is 0 Å². The molecule has 0 amide bonds. The van der Waals surface area contributed by atoms with E-state index in [1.165, 1.54) is 12.5 Å². The van der Waals surface area contributed by atoms with Gasteiger partial charge in [0.05, 0.1) is 13.2 Å². The molecule has 0 atom stereocenters. The van der Waals surface area contributed by atoms with Crippen LogP contribution in [0.25, 0.3) is 0 Å². The van der Waals surface area contributed by atoms with Crippen LogP contribution in [-0.2, 0) is 21.4 Å². The minimum absolute atomic E-state index is 0.0883. The van der Waals surface area contributed by atoms with Crippen LogP contribution in [0, 0.1) is 6.92 Å². The maximum absolute atomic E-state index is 12.3. The molecule has 1 fully saturated rings. The fraction of sp³-hybridized carbons (Fsp3) is 0.577. The second-order valence-electron chi connectivity index (χ2n) is 8.85. The SMILES string of the molecule is CCOC(=O)c1cn(C2(CCc3cc(OCCCOC)c(Cl)nc3C)CCCCC2)ccc1=O. The van der Waals surface area contributed by atoms with Gasteiger partial charge in [0.2, 0.25) is 0 Å². The van der Waals surface area contributed by atoms with E-state index in [0.29, 0.717) is 24.1 Å². The number of methoxy groups -OCH3 is 1. The second-order valence-corrected chi connectivity index (χ2v) is 9.21. The largest absolute Gasteiger partial charge is 0.490 e. The molecule has 2 heterocycles. The molecule has 0 aliphatic heterocycles. The van der Waals surface area contributed by atoms with Gasteiger partial charge in [-0.05, 0) is 51.2 Å². The van der Waals surface area contributed by atoms with Crippen LogP contribution in [0.2, 0.25) is 5.15 Å². The van der Waals surface area contributed by atoms with Crippen molar-refractivity contribution in [3.63, 3.8) is 0 Å². The van der Waals surface area contributed by atoms with E-state index in [1.54, 1.807) is 20.2 Å². The van der Waals surface area contributed by atoms with Gasteiger partial charge in [-0.2, -0.15) is 0 Å². The van der Waals surface area contributed by atoms with Gasteiger partial charge in [-0.3, -0.25) is 4.79 Å². The fourth-order valence-electron chi connectivity index (χ4n) is 4.69. The van der Waals surface area contributed by atoms with Crippen LogP contribution in [0.15, 0.2) is 29.3 Å². The van der Waals surface area contributed by atoms with Crippen molar-refractivity contribution in [2.45, 2.75) is 70.8 Å². The molecule has 0 N–H and O–H groups in total. The number of halogens is 1. The zero-order chi connectivity index (χ0) is 24.6. The Labute approximate surface area is 206 Å². The van der Waals surface area contributed by atoms with Crippen LogP contribution in [0.4, 0.5) is 0 Å². The van der Waals surface area contributed by atoms with E-state index in [2.05, 4.69) is 9.55 Å². The van der Waals surface area contributed by atoms with Crippen molar-refractivity contribution < 1.29 is 19.0 Å². The molecular weight excluding hydrogens is 456 g/mol. The lowest BCUT2D eigenvalue weighted by Gasteiger charge is -2.40. The minimum Gasteiger partial charge on any atom is -0.490 e. The summed E-state index contributed by atoms with van der Waals surface area (Å²) in [6.45, 7) is 5.06. The second kappa shape index (κ2) is 12.4. The third-order valence-electron chi connectivity index (χ3n) is 6.60. The molecule has 0 spiro atoms. The van der Waals surface area contributed by atoms with Gasteiger partial charge in [-0.15, -0.1) is 0 Å². The predicted octanol–water partition coefficient (Wildman–Crippen LogP) is 5.09. The highest BCUT2D eigenvalue weighted by molar-refractivity contribution is 6.30. The standard InChI is InChI=1S/C26H35ClN2O5/c1-4-33-25(31)21-18-29(14-10-22(21)30)26(11-6-5-7-12-26)13-9-20-17-23(24(27)28-19(20)2)34-16-8-15-32-3/h10,14,17-18H,4-9,11-13,15-16H2,1-3H3. The van der Waals surface area contributed by atoms with Crippen molar-refractivity contribution in [2.24, 2.45) is 0 Å². The molecule has 1 saturated carbocycles. The van der Waals surface area contributed by atoms with Crippen LogP contribution < -0.4 is 10.2 Å². The zero-order valence-electron chi connectivity index (χ0n) is 20.4. The summed E-state index contributed by atoms with van der Waals surface area (Å²) in [7, 11) is 1.66. The van der Waals surface area contributed by atoms with Crippen molar-refractivity contribution in [1.82, 2.24) is 9.55 Å². The highest BCUT2D eigenvalue weighted by Crippen LogP contribution is 2.39. The number of aromatic nitrogens is 2. The number of carbonyl (C=O) groups is 1. The molecular formula is C26H35ClN2O5. The third-order valence-corrected chi connectivity index (χ3v) is 6.87. The predicted molar refractivity (Wildman–Crippen MR) is 132 cm³/mol. The van der Waals surface area contributed by atoms with Gasteiger partial charge in [0, 0.05) is 49.8 Å². The molecule has 1 aliphatic carbocycles. The number of hydrogen-bond donors (Lipinski definition) is 0. The average Bonchev–Trinajstić information content (AvgIpc) is 2.83. The number of aryl methyl sites for hydroxylation is 2. The lowest BCUT2D eigenvalue weighted by Crippen LogP contribution is -2.37. The van der Waals surface area contributed by atoms with Crippen LogP contribution >= 0.6 is 11.6 Å². The van der Waals surface area contributed by atoms with Crippen LogP contribution in [0.1, 0.15) is 73.5 Å². The Hall–Kier alpha value is -2.38. The van der Waals surface area contributed by atoms with E-state index in [1.807, 2.05) is 19.2 Å². The molecule has 0 saturated heterocycles. The van der Waals surface area contributed by atoms with Crippen LogP contribution in [0.3, 0.4) is 0 Å². The number of carbonyl (C=O) groups excluding carboxylic acids is 1. The van der Waals surface area contributed by atoms with Gasteiger partial charge >= 0.3 is 5.97 Å². The first kappa shape index (κ1) is 26.2. The zero-order valence-corrected chi connectivity index (χ0v) is 21.2. The first-order valence-corrected chi connectivity index (χ1v) is 12.5. The Balaban J connectivity index is 1.85. The number of hydrogen-bond acceptors (Lipinski definition) is 6. The molecule has 7 nitrogen and oxygen atoms in total. The van der Waals surface area contributed by atoms with Gasteiger partial charge < -0.3 is 18.8 Å². The Bertz CT molecular complexity index is 1030. The smallest absolute Gasteiger partial charge is 0.343 e. The molecule has 0 unspecified atom stereocenters. The number of rotatable bonds is 11. The summed E-state index contributed by atoms with van der Waals surface area (Å²) < 4.78 is 18.1. The average molecular weight is 491 g/mol. The van der Waals surface area contributed by atoms with Crippen molar-refractivity contribution in [1.29, 1.82) is 0 Å². The summed E-state index contributed by atoms with van der Waals surface area (Å²) in [4.78, 5) is 29.2. The van der Waals surface area contributed by atoms with Gasteiger partial charge in [0.25, 0.3) is 0 Å². The maximum atomic E-state index is 12.3. The normalized spacial score (nSPS) is 15.2. The molecule has 0 radical (unpaired) electrons. The van der Waals surface area contributed by atoms with E-state index in [0.717, 1.165) is 56.2 Å². The van der Waals surface area contributed by atoms with Crippen LogP contribution in [-0.4, -0.2) is 42.5 Å². The van der Waals surface area contributed by atoms with Crippen LogP contribution in [0.5, 0.6) is 5.75 Å². The first-order chi connectivity index (χ1) is 16.4. The summed E-state index contributed by atoms with van der Waals surface area (Å²) in [5, 5.41) is 0.366. The summed E-state index contributed by atoms with van der Waals surface area (Å²) in [5.41, 5.74) is 1.56. The lowest BCUT2D eigenvalue weighted by molar-refractivity contribution is 0.0522. The molecule has 3 rings (SSSR count). The van der Waals surface area contributed by atoms with Gasteiger partial charge in [0.1, 0.15) is 5.56 Å². The number of ether oxygens (including phenoxy) is 3. The van der Waals surface area contributed by atoms with Gasteiger partial charge in [-0.25, -0.2) is 9.78 Å². The Morgan fingerprint density at radius 3 is 2.71 bits per heavy atom. The molecule has 186 valence electrons. The molecule has 34 heavy (non-hydrogen) atoms. The summed E-state index contributed by atoms with van der Waals surface area (Å²) in [6.07, 6.45) is 11.3. The van der Waals surface area contributed by atoms with Crippen molar-refractivity contribution in [3.05, 3.63) is 56.7 Å². The highest BCUT2D eigenvalue weighted by Gasteiger charge is 2.34. The molecule has 2 aromatic heterocycles. The highest BCUT2D eigenvalue weighted by atomic mass is 35.5. The van der Waals surface area contributed by atoms with Crippen molar-refractivity contribution in [2.75, 3.05) is 26.9 Å². The van der Waals surface area contributed by atoms with E-state index < -0.39 is 5.97 Å². The van der Waals surface area contributed by atoms with Crippen molar-refractivity contribution in [3.8, 4) is 5.75 Å². The van der Waals surface area contributed by atoms with E-state index in [-0.39, 0.29) is 23.1 Å². The lowest BCUT2D eigenvalue weighted by atomic mass is 9.77. The van der Waals surface area contributed by atoms with Gasteiger partial charge in [0.15, 0.2) is 16.3 Å². The number of esters is 1. The first-order valence-electron chi connectivity index (χ1n) is 12.1. The molecule has 1 aliphatic rings. The minimum atomic E-state index is -0.569. The van der Waals surface area contributed by atoms with E-state index in [9.17, 15) is 9.59 Å². The Kier molecular flexibility index (Phi) is 9.54. The molecule has 8 heteroatoms. The molecule has 0 bridgehead atoms. The number of nitrogens with zero attached hydrogens (tertiary/aromatic N) is 2. The molecule has 2 aromatic rings. The topological polar surface area (TPSA) is 79.7 Å². The summed E-state index contributed by atoms with van der Waals surface area (Å²) >= 11 is 6.33. The van der Waals surface area contributed by atoms with Gasteiger partial charge in [-0.1, -0.05) is 30.9 Å². The van der Waals surface area contributed by atoms with Crippen molar-refractivity contribution >= 4 is 17.6 Å². The quantitative estimate of drug-likeness (QED) is 0.248. The van der Waals surface area contributed by atoms with E-state index in [4.69, 9.17) is 25.8 Å². The Morgan fingerprint density at radius 2 is 2.00 bits per heavy atom. The Morgan fingerprint density at radius 1 is 1.24 bits per heavy atom. The number of pyridine rings is 2. The maximum Gasteiger partial charge on any atom is 0.343 e. The summed E-state index contributed by atoms with van der Waals surface area (Å²) in [6, 6.07) is 3.47. The summed E-state index contributed by atoms with van der Waals surface area (Å²) in [5.74, 6) is 0.0184.